The molecule has 4 aromatic carbocycles. The van der Waals surface area contributed by atoms with Gasteiger partial charge in [0.25, 0.3) is 0 Å². The van der Waals surface area contributed by atoms with E-state index >= 15 is 0 Å². The second kappa shape index (κ2) is 15.5. The average molecular weight is 674 g/mol. The molecule has 0 fully saturated rings. The van der Waals surface area contributed by atoms with Crippen molar-refractivity contribution >= 4 is 28.5 Å². The fourth-order valence-electron chi connectivity index (χ4n) is 3.50. The number of halogens is 6. The van der Waals surface area contributed by atoms with E-state index in [1.807, 2.05) is 0 Å². The third-order valence-corrected chi connectivity index (χ3v) is 8.86. The molecule has 0 atom stereocenters. The number of hydrogen-bond acceptors (Lipinski definition) is 0. The molecular weight excluding hydrogens is 654 g/mol. The summed E-state index contributed by atoms with van der Waals surface area (Å²) in [4.78, 5) is 0. The van der Waals surface area contributed by atoms with Crippen molar-refractivity contribution in [2.75, 3.05) is 0 Å². The second-order valence-corrected chi connectivity index (χ2v) is 9.85. The second-order valence-electron chi connectivity index (χ2n) is 6.44. The van der Waals surface area contributed by atoms with Gasteiger partial charge in [0.05, 0.1) is 0 Å². The molecule has 0 amide bonds. The standard InChI is InChI=1S/C24H20P.2CF3.Au/c1-5-13-21(14-6-1)25(22-15-7-2-8-16-22,23-17-9-3-10-18-23)24-19-11-4-12-20-24;2*2-1(3)4;/h1-20H;;;/q+1;2*-1;+1. The third kappa shape index (κ3) is 8.44. The van der Waals surface area contributed by atoms with Crippen molar-refractivity contribution < 1.29 is 48.7 Å². The van der Waals surface area contributed by atoms with Crippen molar-refractivity contribution in [3.63, 3.8) is 0 Å². The maximum Gasteiger partial charge on any atom is 1.00 e. The molecule has 4 rings (SSSR count). The SMILES string of the molecule is F[C-](F)F.F[C-](F)F.[Au+].c1ccc([P+](c2ccccc2)(c2ccccc2)c2ccccc2)cc1. The summed E-state index contributed by atoms with van der Waals surface area (Å²) < 4.78 is 57.5. The molecule has 0 aliphatic rings. The third-order valence-electron chi connectivity index (χ3n) is 4.57. The van der Waals surface area contributed by atoms with Crippen molar-refractivity contribution in [1.82, 2.24) is 0 Å². The van der Waals surface area contributed by atoms with Gasteiger partial charge in [-0.2, -0.15) is 0 Å². The first-order valence-electron chi connectivity index (χ1n) is 9.67. The average Bonchev–Trinajstić information content (AvgIpc) is 2.82. The van der Waals surface area contributed by atoms with Crippen LogP contribution in [0.25, 0.3) is 0 Å². The number of benzene rings is 4. The van der Waals surface area contributed by atoms with E-state index in [-0.39, 0.29) is 22.4 Å². The number of hydrogen-bond donors (Lipinski definition) is 0. The van der Waals surface area contributed by atoms with Crippen LogP contribution in [0.5, 0.6) is 0 Å². The molecule has 0 N–H and O–H groups in total. The Morgan fingerprint density at radius 3 is 0.647 bits per heavy atom. The Balaban J connectivity index is 0.000000563. The molecule has 0 aromatic heterocycles. The Labute approximate surface area is 211 Å². The summed E-state index contributed by atoms with van der Waals surface area (Å²) in [5.41, 5.74) is 0. The van der Waals surface area contributed by atoms with Gasteiger partial charge >= 0.3 is 22.4 Å². The van der Waals surface area contributed by atoms with Gasteiger partial charge in [-0.05, 0) is 48.5 Å². The minimum Gasteiger partial charge on any atom is -0.385 e. The van der Waals surface area contributed by atoms with Gasteiger partial charge in [0.15, 0.2) is 13.4 Å². The van der Waals surface area contributed by atoms with Crippen molar-refractivity contribution in [1.29, 1.82) is 0 Å². The van der Waals surface area contributed by atoms with E-state index in [0.717, 1.165) is 0 Å². The Hall–Kier alpha value is -2.37. The van der Waals surface area contributed by atoms with E-state index < -0.39 is 20.6 Å². The van der Waals surface area contributed by atoms with Gasteiger partial charge in [0.2, 0.25) is 0 Å². The zero-order chi connectivity index (χ0) is 24.1. The van der Waals surface area contributed by atoms with Crippen LogP contribution in [-0.4, -0.2) is 0 Å². The Morgan fingerprint density at radius 2 is 0.500 bits per heavy atom. The molecule has 0 bridgehead atoms. The van der Waals surface area contributed by atoms with Crippen LogP contribution in [0.1, 0.15) is 0 Å². The van der Waals surface area contributed by atoms with E-state index in [2.05, 4.69) is 121 Å². The van der Waals surface area contributed by atoms with Crippen LogP contribution in [-0.2, 0) is 22.4 Å². The predicted octanol–water partition coefficient (Wildman–Crippen LogP) is 6.99. The van der Waals surface area contributed by atoms with Crippen LogP contribution in [0, 0.1) is 13.4 Å². The van der Waals surface area contributed by atoms with Gasteiger partial charge in [-0.1, -0.05) is 72.8 Å². The van der Waals surface area contributed by atoms with Gasteiger partial charge in [-0.25, -0.2) is 0 Å². The molecule has 182 valence electrons. The van der Waals surface area contributed by atoms with Gasteiger partial charge < -0.3 is 26.3 Å². The molecule has 4 aromatic rings. The van der Waals surface area contributed by atoms with E-state index in [0.29, 0.717) is 0 Å². The minimum absolute atomic E-state index is 0. The molecule has 0 nitrogen and oxygen atoms in total. The normalized spacial score (nSPS) is 10.4. The monoisotopic (exact) mass is 674 g/mol. The zero-order valence-electron chi connectivity index (χ0n) is 17.6. The zero-order valence-corrected chi connectivity index (χ0v) is 20.6. The van der Waals surface area contributed by atoms with E-state index in [1.165, 1.54) is 21.2 Å². The smallest absolute Gasteiger partial charge is 0.385 e. The van der Waals surface area contributed by atoms with Crippen LogP contribution < -0.4 is 21.2 Å². The fourth-order valence-corrected chi connectivity index (χ4v) is 7.77. The van der Waals surface area contributed by atoms with Gasteiger partial charge in [0, 0.05) is 0 Å². The number of rotatable bonds is 4. The first kappa shape index (κ1) is 29.7. The molecule has 0 saturated heterocycles. The van der Waals surface area contributed by atoms with Crippen molar-refractivity contribution in [2.45, 2.75) is 0 Å². The van der Waals surface area contributed by atoms with Crippen LogP contribution in [0.2, 0.25) is 0 Å². The fraction of sp³-hybridized carbons (Fsp3) is 0. The Bertz CT molecular complexity index is 861. The predicted molar refractivity (Wildman–Crippen MR) is 124 cm³/mol. The summed E-state index contributed by atoms with van der Waals surface area (Å²) in [6.45, 7) is -6.17. The van der Waals surface area contributed by atoms with Crippen LogP contribution in [0.3, 0.4) is 0 Å². The van der Waals surface area contributed by atoms with Gasteiger partial charge in [-0.3, -0.25) is 0 Å². The summed E-state index contributed by atoms with van der Waals surface area (Å²) in [5, 5.41) is 5.55. The maximum atomic E-state index is 9.58. The van der Waals surface area contributed by atoms with Crippen LogP contribution in [0.4, 0.5) is 26.3 Å². The molecule has 0 aliphatic heterocycles. The molecule has 0 aliphatic carbocycles. The van der Waals surface area contributed by atoms with Crippen LogP contribution >= 0.6 is 7.26 Å². The molecule has 0 radical (unpaired) electrons. The van der Waals surface area contributed by atoms with Crippen molar-refractivity contribution in [3.8, 4) is 0 Å². The summed E-state index contributed by atoms with van der Waals surface area (Å²) in [6.07, 6.45) is 0. The first-order valence-corrected chi connectivity index (χ1v) is 11.5. The summed E-state index contributed by atoms with van der Waals surface area (Å²) >= 11 is 0. The quantitative estimate of drug-likeness (QED) is 0.0949. The van der Waals surface area contributed by atoms with E-state index in [1.54, 1.807) is 0 Å². The van der Waals surface area contributed by atoms with Gasteiger partial charge in [-0.15, -0.1) is 0 Å². The van der Waals surface area contributed by atoms with E-state index in [4.69, 9.17) is 0 Å². The summed E-state index contributed by atoms with van der Waals surface area (Å²) in [7, 11) is -1.91. The Kier molecular flexibility index (Phi) is 13.5. The summed E-state index contributed by atoms with van der Waals surface area (Å²) in [5.74, 6) is 0. The minimum atomic E-state index is -3.08. The van der Waals surface area contributed by atoms with E-state index in [9.17, 15) is 26.3 Å². The van der Waals surface area contributed by atoms with Crippen molar-refractivity contribution in [3.05, 3.63) is 135 Å². The first-order chi connectivity index (χ1) is 15.9. The largest absolute Gasteiger partial charge is 1.00 e. The maximum absolute atomic E-state index is 9.58. The molecule has 34 heavy (non-hydrogen) atoms. The Morgan fingerprint density at radius 1 is 0.353 bits per heavy atom. The van der Waals surface area contributed by atoms with Crippen LogP contribution in [0.15, 0.2) is 121 Å². The van der Waals surface area contributed by atoms with Gasteiger partial charge in [0.1, 0.15) is 28.5 Å². The topological polar surface area (TPSA) is 0 Å². The molecule has 0 spiro atoms. The molecule has 0 saturated carbocycles. The molecule has 0 unspecified atom stereocenters. The summed E-state index contributed by atoms with van der Waals surface area (Å²) in [6, 6.07) is 43.8. The molecule has 0 heterocycles. The molecular formula is C26H20AuF6P. The van der Waals surface area contributed by atoms with Crippen molar-refractivity contribution in [2.24, 2.45) is 0 Å². The molecule has 8 heteroatoms.